The normalized spacial score (nSPS) is 15.0. The molecule has 0 saturated carbocycles. The molecule has 1 aliphatic rings. The van der Waals surface area contributed by atoms with Gasteiger partial charge in [-0.3, -0.25) is 19.9 Å². The zero-order valence-corrected chi connectivity index (χ0v) is 27.4. The molecule has 2 aromatic carbocycles. The van der Waals surface area contributed by atoms with Gasteiger partial charge in [-0.05, 0) is 50.8 Å². The number of hydrogen-bond donors (Lipinski definition) is 1. The number of piperazine rings is 1. The number of aromatic nitrogens is 1. The molecule has 7 heteroatoms. The number of carbonyl (C=O) groups excluding carboxylic acids is 1. The van der Waals surface area contributed by atoms with Crippen molar-refractivity contribution in [2.75, 3.05) is 38.0 Å². The second-order valence-corrected chi connectivity index (χ2v) is 17.1. The van der Waals surface area contributed by atoms with E-state index in [1.807, 2.05) is 41.8 Å². The monoisotopic (exact) mass is 600 g/mol. The molecular formula is C35H44N4OS2. The predicted molar refractivity (Wildman–Crippen MR) is 182 cm³/mol. The molecule has 1 fully saturated rings. The highest BCUT2D eigenvalue weighted by atomic mass is 32.3. The van der Waals surface area contributed by atoms with E-state index in [0.717, 1.165) is 56.1 Å². The summed E-state index contributed by atoms with van der Waals surface area (Å²) in [6.45, 7) is 19.4. The molecule has 3 aromatic rings. The van der Waals surface area contributed by atoms with Crippen LogP contribution in [0.25, 0.3) is 11.3 Å². The van der Waals surface area contributed by atoms with Gasteiger partial charge >= 0.3 is 0 Å². The van der Waals surface area contributed by atoms with Crippen molar-refractivity contribution in [2.45, 2.75) is 63.8 Å². The number of amides is 1. The van der Waals surface area contributed by atoms with Gasteiger partial charge in [-0.1, -0.05) is 77.6 Å². The van der Waals surface area contributed by atoms with Crippen LogP contribution < -0.4 is 5.32 Å². The number of terminal acetylenes is 1. The van der Waals surface area contributed by atoms with Crippen LogP contribution in [0.2, 0.25) is 0 Å². The lowest BCUT2D eigenvalue weighted by Gasteiger charge is -2.46. The SMILES string of the molecule is C#CCN1CCN(Cc2ccc(C(=O)Nc3nc(-c4cccc(C#CS(C(C)C)(C(C)C)C(C)C)c4)cs3)cc2)CC1. The van der Waals surface area contributed by atoms with Crippen molar-refractivity contribution < 1.29 is 4.79 Å². The summed E-state index contributed by atoms with van der Waals surface area (Å²) in [5.41, 5.74) is 4.66. The van der Waals surface area contributed by atoms with Crippen LogP contribution in [0.4, 0.5) is 5.13 Å². The molecule has 1 N–H and O–H groups in total. The Morgan fingerprint density at radius 2 is 1.62 bits per heavy atom. The van der Waals surface area contributed by atoms with Crippen LogP contribution in [-0.2, 0) is 6.54 Å². The van der Waals surface area contributed by atoms with Crippen LogP contribution in [0, 0.1) is 23.5 Å². The van der Waals surface area contributed by atoms with Crippen LogP contribution >= 0.6 is 21.4 Å². The van der Waals surface area contributed by atoms with Crippen molar-refractivity contribution in [1.29, 1.82) is 0 Å². The van der Waals surface area contributed by atoms with Crippen LogP contribution in [0.3, 0.4) is 0 Å². The molecule has 5 nitrogen and oxygen atoms in total. The number of hydrogen-bond acceptors (Lipinski definition) is 5. The molecule has 42 heavy (non-hydrogen) atoms. The van der Waals surface area contributed by atoms with Crippen molar-refractivity contribution >= 4 is 32.4 Å². The third kappa shape index (κ3) is 7.65. The van der Waals surface area contributed by atoms with E-state index in [-0.39, 0.29) is 5.91 Å². The highest BCUT2D eigenvalue weighted by Gasteiger charge is 2.33. The van der Waals surface area contributed by atoms with Gasteiger partial charge in [0.1, 0.15) is 0 Å². The molecule has 0 unspecified atom stereocenters. The van der Waals surface area contributed by atoms with E-state index in [1.54, 1.807) is 0 Å². The highest BCUT2D eigenvalue weighted by Crippen LogP contribution is 2.59. The first kappa shape index (κ1) is 31.9. The minimum Gasteiger partial charge on any atom is -0.298 e. The van der Waals surface area contributed by atoms with E-state index in [0.29, 0.717) is 26.4 Å². The lowest BCUT2D eigenvalue weighted by Crippen LogP contribution is -2.45. The van der Waals surface area contributed by atoms with Gasteiger partial charge in [0.15, 0.2) is 5.13 Å². The van der Waals surface area contributed by atoms with Crippen LogP contribution in [0.5, 0.6) is 0 Å². The van der Waals surface area contributed by atoms with E-state index < -0.39 is 10.0 Å². The van der Waals surface area contributed by atoms with E-state index >= 15 is 0 Å². The molecular weight excluding hydrogens is 557 g/mol. The standard InChI is InChI=1S/C35H44N4OS2/c1-8-17-38-18-20-39(21-19-38)24-30-12-14-31(15-13-30)34(40)37-35-36-33(25-41-35)32-11-9-10-29(23-32)16-22-42(26(2)3,27(4)5)28(6)7/h1,9-15,23,25-28H,17-21,24H2,2-7H3,(H,36,37,40). The molecule has 4 rings (SSSR count). The average Bonchev–Trinajstić information content (AvgIpc) is 3.43. The minimum absolute atomic E-state index is 0.152. The summed E-state index contributed by atoms with van der Waals surface area (Å²) in [6, 6.07) is 16.1. The highest BCUT2D eigenvalue weighted by molar-refractivity contribution is 8.38. The lowest BCUT2D eigenvalue weighted by molar-refractivity contribution is 0.102. The van der Waals surface area contributed by atoms with Gasteiger partial charge in [-0.2, -0.15) is 10.0 Å². The van der Waals surface area contributed by atoms with Gasteiger partial charge in [-0.15, -0.1) is 17.8 Å². The van der Waals surface area contributed by atoms with Gasteiger partial charge in [-0.25, -0.2) is 4.98 Å². The molecule has 0 radical (unpaired) electrons. The first-order valence-corrected chi connectivity index (χ1v) is 17.5. The van der Waals surface area contributed by atoms with Crippen LogP contribution in [0.15, 0.2) is 53.9 Å². The lowest BCUT2D eigenvalue weighted by atomic mass is 10.1. The van der Waals surface area contributed by atoms with Gasteiger partial charge < -0.3 is 0 Å². The van der Waals surface area contributed by atoms with Crippen LogP contribution in [0.1, 0.15) is 63.0 Å². The minimum atomic E-state index is -1.10. The smallest absolute Gasteiger partial charge is 0.257 e. The summed E-state index contributed by atoms with van der Waals surface area (Å²) in [6.07, 6.45) is 5.44. The summed E-state index contributed by atoms with van der Waals surface area (Å²) in [5, 5.41) is 10.9. The summed E-state index contributed by atoms with van der Waals surface area (Å²) in [4.78, 5) is 22.4. The predicted octanol–water partition coefficient (Wildman–Crippen LogP) is 7.15. The van der Waals surface area contributed by atoms with Gasteiger partial charge in [0.2, 0.25) is 0 Å². The third-order valence-corrected chi connectivity index (χ3v) is 13.9. The first-order valence-electron chi connectivity index (χ1n) is 14.8. The first-order chi connectivity index (χ1) is 20.1. The number of rotatable bonds is 9. The summed E-state index contributed by atoms with van der Waals surface area (Å²) in [5.74, 6) is 6.09. The Labute approximate surface area is 258 Å². The Kier molecular flexibility index (Phi) is 10.9. The molecule has 0 aliphatic carbocycles. The molecule has 0 bridgehead atoms. The van der Waals surface area contributed by atoms with E-state index in [2.05, 4.69) is 85.9 Å². The maximum Gasteiger partial charge on any atom is 0.257 e. The molecule has 0 atom stereocenters. The van der Waals surface area contributed by atoms with Gasteiger partial charge in [0.05, 0.1) is 12.2 Å². The van der Waals surface area contributed by atoms with Crippen molar-refractivity contribution in [3.8, 4) is 34.8 Å². The fraction of sp³-hybridized carbons (Fsp3) is 0.429. The fourth-order valence-electron chi connectivity index (χ4n) is 5.78. The Morgan fingerprint density at radius 3 is 2.24 bits per heavy atom. The number of thiazole rings is 1. The number of anilines is 1. The quantitative estimate of drug-likeness (QED) is 0.265. The zero-order valence-electron chi connectivity index (χ0n) is 25.8. The van der Waals surface area contributed by atoms with Crippen molar-refractivity contribution in [3.05, 3.63) is 70.6 Å². The van der Waals surface area contributed by atoms with E-state index in [9.17, 15) is 4.79 Å². The van der Waals surface area contributed by atoms with Crippen molar-refractivity contribution in [3.63, 3.8) is 0 Å². The maximum absolute atomic E-state index is 13.0. The van der Waals surface area contributed by atoms with Crippen LogP contribution in [-0.4, -0.2) is 69.2 Å². The second kappa shape index (κ2) is 14.4. The Bertz CT molecular complexity index is 1430. The largest absolute Gasteiger partial charge is 0.298 e. The molecule has 1 aliphatic heterocycles. The second-order valence-electron chi connectivity index (χ2n) is 11.7. The van der Waals surface area contributed by atoms with Crippen molar-refractivity contribution in [1.82, 2.24) is 14.8 Å². The molecule has 1 amide bonds. The average molecular weight is 601 g/mol. The fourth-order valence-corrected chi connectivity index (χ4v) is 10.8. The zero-order chi connectivity index (χ0) is 30.3. The summed E-state index contributed by atoms with van der Waals surface area (Å²) >= 11 is 1.43. The van der Waals surface area contributed by atoms with Gasteiger partial charge in [0.25, 0.3) is 5.91 Å². The topological polar surface area (TPSA) is 48.5 Å². The number of nitrogens with one attached hydrogen (secondary N) is 1. The van der Waals surface area contributed by atoms with E-state index in [4.69, 9.17) is 11.4 Å². The Hall–Kier alpha value is -3.07. The Morgan fingerprint density at radius 1 is 0.976 bits per heavy atom. The maximum atomic E-state index is 13.0. The van der Waals surface area contributed by atoms with Gasteiger partial charge in [0, 0.05) is 54.8 Å². The molecule has 222 valence electrons. The van der Waals surface area contributed by atoms with Crippen molar-refractivity contribution in [2.24, 2.45) is 0 Å². The molecule has 1 saturated heterocycles. The van der Waals surface area contributed by atoms with E-state index in [1.165, 1.54) is 16.9 Å². The molecule has 2 heterocycles. The summed E-state index contributed by atoms with van der Waals surface area (Å²) < 4.78 is 0. The molecule has 1 aromatic heterocycles. The number of carbonyl (C=O) groups is 1. The molecule has 0 spiro atoms. The summed E-state index contributed by atoms with van der Waals surface area (Å²) in [7, 11) is -1.10. The number of nitrogens with zero attached hydrogens (tertiary/aromatic N) is 3. The third-order valence-electron chi connectivity index (χ3n) is 8.00. The number of benzene rings is 2. The Balaban J connectivity index is 1.39.